The van der Waals surface area contributed by atoms with E-state index in [1.165, 1.54) is 6.33 Å². The van der Waals surface area contributed by atoms with E-state index in [1.54, 1.807) is 6.20 Å². The molecule has 0 amide bonds. The third-order valence-electron chi connectivity index (χ3n) is 1.07. The van der Waals surface area contributed by atoms with E-state index in [9.17, 15) is 0 Å². The Kier molecular flexibility index (Phi) is 2.87. The van der Waals surface area contributed by atoms with Crippen molar-refractivity contribution in [3.05, 3.63) is 12.5 Å². The molecule has 0 spiro atoms. The van der Waals surface area contributed by atoms with E-state index in [1.807, 2.05) is 0 Å². The molecule has 1 aromatic rings. The second-order valence-corrected chi connectivity index (χ2v) is 1.87. The predicted molar refractivity (Wildman–Crippen MR) is 41.8 cm³/mol. The van der Waals surface area contributed by atoms with E-state index in [-0.39, 0.29) is 0 Å². The minimum absolute atomic E-state index is 0.685. The number of nitrogens with one attached hydrogen (secondary N) is 1. The summed E-state index contributed by atoms with van der Waals surface area (Å²) < 4.78 is 0. The molecule has 56 valence electrons. The first-order valence-corrected chi connectivity index (χ1v) is 3.23. The molecule has 0 aliphatic heterocycles. The van der Waals surface area contributed by atoms with E-state index in [0.717, 1.165) is 6.54 Å². The summed E-state index contributed by atoms with van der Waals surface area (Å²) in [6.45, 7) is 0.717. The Hall–Kier alpha value is -1.63. The van der Waals surface area contributed by atoms with Crippen molar-refractivity contribution < 1.29 is 0 Å². The molecule has 0 radical (unpaired) electrons. The Balaban J connectivity index is 2.35. The van der Waals surface area contributed by atoms with Crippen molar-refractivity contribution in [3.8, 4) is 12.3 Å². The molecule has 0 atom stereocenters. The van der Waals surface area contributed by atoms with Gasteiger partial charge in [-0.3, -0.25) is 0 Å². The number of anilines is 1. The molecule has 0 aliphatic rings. The Labute approximate surface area is 65.1 Å². The summed E-state index contributed by atoms with van der Waals surface area (Å²) in [6.07, 6.45) is 8.68. The average Bonchev–Trinajstić information content (AvgIpc) is 2.07. The lowest BCUT2D eigenvalue weighted by molar-refractivity contribution is 0.954. The quantitative estimate of drug-likeness (QED) is 0.495. The van der Waals surface area contributed by atoms with Gasteiger partial charge in [-0.15, -0.1) is 17.4 Å². The standard InChI is InChI=1S/C7H8N4/c1-2-3-4-8-7-5-10-11-6-9-7/h1,5-6H,3-4H2,(H,8,9,11). The maximum absolute atomic E-state index is 5.05. The molecule has 0 unspecified atom stereocenters. The molecule has 1 N–H and O–H groups in total. The number of hydrogen-bond donors (Lipinski definition) is 1. The van der Waals surface area contributed by atoms with Crippen LogP contribution in [0.15, 0.2) is 12.5 Å². The van der Waals surface area contributed by atoms with Gasteiger partial charge in [-0.2, -0.15) is 5.10 Å². The minimum atomic E-state index is 0.685. The number of terminal acetylenes is 1. The Morgan fingerprint density at radius 1 is 1.55 bits per heavy atom. The van der Waals surface area contributed by atoms with Gasteiger partial charge in [0.1, 0.15) is 12.1 Å². The Morgan fingerprint density at radius 3 is 3.09 bits per heavy atom. The van der Waals surface area contributed by atoms with Gasteiger partial charge < -0.3 is 5.32 Å². The summed E-state index contributed by atoms with van der Waals surface area (Å²) in [5.74, 6) is 3.22. The fourth-order valence-corrected chi connectivity index (χ4v) is 0.593. The monoisotopic (exact) mass is 148 g/mol. The Morgan fingerprint density at radius 2 is 2.45 bits per heavy atom. The van der Waals surface area contributed by atoms with Crippen LogP contribution in [0.2, 0.25) is 0 Å². The van der Waals surface area contributed by atoms with Crippen LogP contribution in [-0.2, 0) is 0 Å². The molecule has 11 heavy (non-hydrogen) atoms. The van der Waals surface area contributed by atoms with Crippen LogP contribution >= 0.6 is 0 Å². The number of nitrogens with zero attached hydrogens (tertiary/aromatic N) is 3. The lowest BCUT2D eigenvalue weighted by Crippen LogP contribution is -2.02. The van der Waals surface area contributed by atoms with Crippen LogP contribution in [0.4, 0.5) is 5.82 Å². The zero-order valence-corrected chi connectivity index (χ0v) is 5.99. The number of aromatic nitrogens is 3. The topological polar surface area (TPSA) is 50.7 Å². The molecule has 4 heteroatoms. The van der Waals surface area contributed by atoms with Gasteiger partial charge in [0.2, 0.25) is 0 Å². The van der Waals surface area contributed by atoms with Crippen LogP contribution in [0.3, 0.4) is 0 Å². The number of rotatable bonds is 3. The second-order valence-electron chi connectivity index (χ2n) is 1.87. The molecule has 0 aromatic carbocycles. The van der Waals surface area contributed by atoms with Gasteiger partial charge in [-0.1, -0.05) is 0 Å². The molecule has 1 heterocycles. The summed E-state index contributed by atoms with van der Waals surface area (Å²) in [6, 6.07) is 0. The molecule has 0 aliphatic carbocycles. The van der Waals surface area contributed by atoms with Crippen molar-refractivity contribution in [1.82, 2.24) is 15.2 Å². The van der Waals surface area contributed by atoms with E-state index < -0.39 is 0 Å². The van der Waals surface area contributed by atoms with E-state index >= 15 is 0 Å². The third-order valence-corrected chi connectivity index (χ3v) is 1.07. The fourth-order valence-electron chi connectivity index (χ4n) is 0.593. The summed E-state index contributed by atoms with van der Waals surface area (Å²) in [4.78, 5) is 3.90. The first-order chi connectivity index (χ1) is 5.43. The predicted octanol–water partition coefficient (Wildman–Crippen LogP) is 0.307. The van der Waals surface area contributed by atoms with Crippen molar-refractivity contribution in [3.63, 3.8) is 0 Å². The van der Waals surface area contributed by atoms with Crippen LogP contribution in [-0.4, -0.2) is 21.7 Å². The van der Waals surface area contributed by atoms with Crippen LogP contribution in [0, 0.1) is 12.3 Å². The molecular weight excluding hydrogens is 140 g/mol. The van der Waals surface area contributed by atoms with Crippen molar-refractivity contribution in [2.24, 2.45) is 0 Å². The zero-order valence-electron chi connectivity index (χ0n) is 5.99. The van der Waals surface area contributed by atoms with Gasteiger partial charge in [0.15, 0.2) is 0 Å². The Bertz CT molecular complexity index is 238. The first kappa shape index (κ1) is 7.48. The van der Waals surface area contributed by atoms with Crippen molar-refractivity contribution in [2.75, 3.05) is 11.9 Å². The molecule has 1 aromatic heterocycles. The summed E-state index contributed by atoms with van der Waals surface area (Å²) in [5, 5.41) is 10.2. The minimum Gasteiger partial charge on any atom is -0.368 e. The maximum atomic E-state index is 5.05. The largest absolute Gasteiger partial charge is 0.368 e. The van der Waals surface area contributed by atoms with E-state index in [2.05, 4.69) is 26.4 Å². The van der Waals surface area contributed by atoms with Crippen LogP contribution in [0.1, 0.15) is 6.42 Å². The van der Waals surface area contributed by atoms with Crippen molar-refractivity contribution in [2.45, 2.75) is 6.42 Å². The van der Waals surface area contributed by atoms with Gasteiger partial charge in [-0.05, 0) is 0 Å². The second kappa shape index (κ2) is 4.23. The van der Waals surface area contributed by atoms with E-state index in [0.29, 0.717) is 12.2 Å². The van der Waals surface area contributed by atoms with Crippen LogP contribution in [0.25, 0.3) is 0 Å². The molecule has 1 rings (SSSR count). The highest BCUT2D eigenvalue weighted by molar-refractivity contribution is 5.28. The lowest BCUT2D eigenvalue weighted by Gasteiger charge is -1.99. The molecule has 0 bridgehead atoms. The summed E-state index contributed by atoms with van der Waals surface area (Å²) in [7, 11) is 0. The lowest BCUT2D eigenvalue weighted by atomic mass is 10.4. The normalized spacial score (nSPS) is 8.64. The summed E-state index contributed by atoms with van der Waals surface area (Å²) in [5.41, 5.74) is 0. The highest BCUT2D eigenvalue weighted by Gasteiger charge is 1.88. The molecular formula is C7H8N4. The van der Waals surface area contributed by atoms with Crippen LogP contribution < -0.4 is 5.32 Å². The van der Waals surface area contributed by atoms with Crippen molar-refractivity contribution >= 4 is 5.82 Å². The number of hydrogen-bond acceptors (Lipinski definition) is 4. The van der Waals surface area contributed by atoms with Gasteiger partial charge in [0.05, 0.1) is 6.20 Å². The van der Waals surface area contributed by atoms with E-state index in [4.69, 9.17) is 6.42 Å². The summed E-state index contributed by atoms with van der Waals surface area (Å²) >= 11 is 0. The van der Waals surface area contributed by atoms with Gasteiger partial charge >= 0.3 is 0 Å². The molecule has 0 saturated carbocycles. The molecule has 0 fully saturated rings. The van der Waals surface area contributed by atoms with Crippen molar-refractivity contribution in [1.29, 1.82) is 0 Å². The zero-order chi connectivity index (χ0) is 7.94. The third kappa shape index (κ3) is 2.63. The van der Waals surface area contributed by atoms with Crippen LogP contribution in [0.5, 0.6) is 0 Å². The fraction of sp³-hybridized carbons (Fsp3) is 0.286. The van der Waals surface area contributed by atoms with Gasteiger partial charge in [0, 0.05) is 13.0 Å². The maximum Gasteiger partial charge on any atom is 0.148 e. The SMILES string of the molecule is C#CCCNc1cnncn1. The highest BCUT2D eigenvalue weighted by atomic mass is 15.2. The first-order valence-electron chi connectivity index (χ1n) is 3.23. The average molecular weight is 148 g/mol. The van der Waals surface area contributed by atoms with Gasteiger partial charge in [0.25, 0.3) is 0 Å². The smallest absolute Gasteiger partial charge is 0.148 e. The molecule has 0 saturated heterocycles. The molecule has 4 nitrogen and oxygen atoms in total. The highest BCUT2D eigenvalue weighted by Crippen LogP contribution is 1.94. The van der Waals surface area contributed by atoms with Gasteiger partial charge in [-0.25, -0.2) is 4.98 Å².